The average molecular weight is 358 g/mol. The molecule has 2 nitrogen and oxygen atoms in total. The monoisotopic (exact) mass is 357 g/mol. The van der Waals surface area contributed by atoms with Gasteiger partial charge in [-0.25, -0.2) is 0 Å². The molecular weight excluding hydrogens is 349 g/mol. The van der Waals surface area contributed by atoms with E-state index in [0.717, 1.165) is 3.57 Å². The van der Waals surface area contributed by atoms with E-state index in [2.05, 4.69) is 22.6 Å². The summed E-state index contributed by atoms with van der Waals surface area (Å²) in [5, 5.41) is 0.384. The van der Waals surface area contributed by atoms with E-state index in [9.17, 15) is 4.79 Å². The smallest absolute Gasteiger partial charge is 0.195 e. The van der Waals surface area contributed by atoms with Crippen molar-refractivity contribution in [1.82, 2.24) is 0 Å². The predicted octanol–water partition coefficient (Wildman–Crippen LogP) is 3.76. The Morgan fingerprint density at radius 1 is 1.12 bits per heavy atom. The Hall–Kier alpha value is -1.07. The van der Waals surface area contributed by atoms with Gasteiger partial charge in [0, 0.05) is 20.4 Å². The van der Waals surface area contributed by atoms with E-state index in [4.69, 9.17) is 17.3 Å². The Bertz CT molecular complexity index is 583. The van der Waals surface area contributed by atoms with Crippen molar-refractivity contribution in [1.29, 1.82) is 0 Å². The third-order valence-electron chi connectivity index (χ3n) is 2.36. The van der Waals surface area contributed by atoms with Crippen molar-refractivity contribution in [3.8, 4) is 0 Å². The Labute approximate surface area is 118 Å². The van der Waals surface area contributed by atoms with Crippen LogP contribution in [0.3, 0.4) is 0 Å². The number of nitrogens with two attached hydrogens (primary N) is 1. The van der Waals surface area contributed by atoms with Crippen LogP contribution in [-0.4, -0.2) is 5.78 Å². The normalized spacial score (nSPS) is 10.2. The zero-order valence-electron chi connectivity index (χ0n) is 8.78. The zero-order chi connectivity index (χ0) is 12.4. The van der Waals surface area contributed by atoms with Gasteiger partial charge in [0.25, 0.3) is 0 Å². The van der Waals surface area contributed by atoms with Gasteiger partial charge in [-0.2, -0.15) is 0 Å². The van der Waals surface area contributed by atoms with Crippen LogP contribution >= 0.6 is 34.2 Å². The van der Waals surface area contributed by atoms with Gasteiger partial charge < -0.3 is 5.73 Å². The summed E-state index contributed by atoms with van der Waals surface area (Å²) < 4.78 is 0.906. The van der Waals surface area contributed by atoms with Crippen LogP contribution in [0.2, 0.25) is 5.02 Å². The standard InChI is InChI=1S/C13H9ClINO/c14-11-7-8(16)5-6-9(11)13(17)10-3-1-2-4-12(10)15/h1-7H,16H2. The first-order valence-electron chi connectivity index (χ1n) is 4.94. The topological polar surface area (TPSA) is 43.1 Å². The Kier molecular flexibility index (Phi) is 3.69. The van der Waals surface area contributed by atoms with Gasteiger partial charge in [0.05, 0.1) is 5.02 Å². The molecule has 0 aliphatic rings. The molecule has 0 heterocycles. The second kappa shape index (κ2) is 5.06. The number of benzene rings is 2. The van der Waals surface area contributed by atoms with Crippen molar-refractivity contribution < 1.29 is 4.79 Å². The second-order valence-electron chi connectivity index (χ2n) is 3.55. The molecule has 0 amide bonds. The molecule has 2 N–H and O–H groups in total. The van der Waals surface area contributed by atoms with Crippen LogP contribution < -0.4 is 5.73 Å². The summed E-state index contributed by atoms with van der Waals surface area (Å²) in [6, 6.07) is 12.3. The lowest BCUT2D eigenvalue weighted by Gasteiger charge is -2.06. The lowest BCUT2D eigenvalue weighted by molar-refractivity contribution is 0.103. The van der Waals surface area contributed by atoms with Crippen LogP contribution in [0.1, 0.15) is 15.9 Å². The van der Waals surface area contributed by atoms with Crippen LogP contribution in [0.25, 0.3) is 0 Å². The molecule has 17 heavy (non-hydrogen) atoms. The molecule has 0 saturated carbocycles. The van der Waals surface area contributed by atoms with E-state index in [1.54, 1.807) is 24.3 Å². The van der Waals surface area contributed by atoms with E-state index in [0.29, 0.717) is 21.8 Å². The lowest BCUT2D eigenvalue weighted by Crippen LogP contribution is -2.04. The van der Waals surface area contributed by atoms with Crippen LogP contribution in [0.15, 0.2) is 42.5 Å². The van der Waals surface area contributed by atoms with Crippen LogP contribution in [0.5, 0.6) is 0 Å². The third-order valence-corrected chi connectivity index (χ3v) is 3.61. The molecule has 0 saturated heterocycles. The number of rotatable bonds is 2. The van der Waals surface area contributed by atoms with Crippen LogP contribution in [-0.2, 0) is 0 Å². The van der Waals surface area contributed by atoms with Gasteiger partial charge in [-0.1, -0.05) is 23.7 Å². The summed E-state index contributed by atoms with van der Waals surface area (Å²) in [4.78, 5) is 12.3. The molecule has 0 atom stereocenters. The number of nitrogen functional groups attached to an aromatic ring is 1. The minimum Gasteiger partial charge on any atom is -0.399 e. The summed E-state index contributed by atoms with van der Waals surface area (Å²) in [6.07, 6.45) is 0. The minimum absolute atomic E-state index is 0.0833. The third kappa shape index (κ3) is 2.61. The minimum atomic E-state index is -0.0833. The molecule has 2 aromatic carbocycles. The maximum Gasteiger partial charge on any atom is 0.195 e. The van der Waals surface area contributed by atoms with Gasteiger partial charge in [-0.3, -0.25) is 4.79 Å². The molecular formula is C13H9ClINO. The maximum absolute atomic E-state index is 12.3. The fourth-order valence-corrected chi connectivity index (χ4v) is 2.41. The first-order chi connectivity index (χ1) is 8.09. The molecule has 0 aromatic heterocycles. The van der Waals surface area contributed by atoms with Gasteiger partial charge in [-0.05, 0) is 52.9 Å². The molecule has 0 fully saturated rings. The first kappa shape index (κ1) is 12.4. The number of carbonyl (C=O) groups excluding carboxylic acids is 1. The second-order valence-corrected chi connectivity index (χ2v) is 5.12. The van der Waals surface area contributed by atoms with Gasteiger partial charge in [0.15, 0.2) is 5.78 Å². The molecule has 0 aliphatic carbocycles. The quantitative estimate of drug-likeness (QED) is 0.505. The summed E-state index contributed by atoms with van der Waals surface area (Å²) in [5.41, 5.74) is 7.28. The Morgan fingerprint density at radius 2 is 1.82 bits per heavy atom. The molecule has 4 heteroatoms. The highest BCUT2D eigenvalue weighted by molar-refractivity contribution is 14.1. The van der Waals surface area contributed by atoms with Crippen molar-refractivity contribution >= 4 is 45.7 Å². The van der Waals surface area contributed by atoms with Crippen molar-refractivity contribution in [2.75, 3.05) is 5.73 Å². The Morgan fingerprint density at radius 3 is 2.47 bits per heavy atom. The summed E-state index contributed by atoms with van der Waals surface area (Å²) in [7, 11) is 0. The SMILES string of the molecule is Nc1ccc(C(=O)c2ccccc2I)c(Cl)c1. The fraction of sp³-hybridized carbons (Fsp3) is 0. The number of ketones is 1. The molecule has 0 radical (unpaired) electrons. The molecule has 2 rings (SSSR count). The molecule has 2 aromatic rings. The number of halogens is 2. The highest BCUT2D eigenvalue weighted by Gasteiger charge is 2.14. The zero-order valence-corrected chi connectivity index (χ0v) is 11.7. The Balaban J connectivity index is 2.48. The van der Waals surface area contributed by atoms with E-state index in [-0.39, 0.29) is 5.78 Å². The van der Waals surface area contributed by atoms with Crippen molar-refractivity contribution in [3.63, 3.8) is 0 Å². The van der Waals surface area contributed by atoms with Gasteiger partial charge in [0.2, 0.25) is 0 Å². The van der Waals surface area contributed by atoms with Crippen LogP contribution in [0, 0.1) is 3.57 Å². The fourth-order valence-electron chi connectivity index (χ4n) is 1.51. The van der Waals surface area contributed by atoms with E-state index < -0.39 is 0 Å². The lowest BCUT2D eigenvalue weighted by atomic mass is 10.0. The van der Waals surface area contributed by atoms with E-state index >= 15 is 0 Å². The number of hydrogen-bond donors (Lipinski definition) is 1. The van der Waals surface area contributed by atoms with E-state index in [1.807, 2.05) is 18.2 Å². The molecule has 0 bridgehead atoms. The largest absolute Gasteiger partial charge is 0.399 e. The average Bonchev–Trinajstić information content (AvgIpc) is 2.29. The van der Waals surface area contributed by atoms with Crippen molar-refractivity contribution in [2.24, 2.45) is 0 Å². The summed E-state index contributed by atoms with van der Waals surface area (Å²) in [5.74, 6) is -0.0833. The number of anilines is 1. The van der Waals surface area contributed by atoms with Crippen molar-refractivity contribution in [3.05, 3.63) is 62.2 Å². The number of hydrogen-bond acceptors (Lipinski definition) is 2. The van der Waals surface area contributed by atoms with Gasteiger partial charge in [0.1, 0.15) is 0 Å². The predicted molar refractivity (Wildman–Crippen MR) is 78.5 cm³/mol. The molecule has 86 valence electrons. The first-order valence-corrected chi connectivity index (χ1v) is 6.39. The number of carbonyl (C=O) groups is 1. The molecule has 0 unspecified atom stereocenters. The van der Waals surface area contributed by atoms with Crippen molar-refractivity contribution in [2.45, 2.75) is 0 Å². The van der Waals surface area contributed by atoms with Gasteiger partial charge in [-0.15, -0.1) is 0 Å². The maximum atomic E-state index is 12.3. The summed E-state index contributed by atoms with van der Waals surface area (Å²) >= 11 is 8.16. The summed E-state index contributed by atoms with van der Waals surface area (Å²) in [6.45, 7) is 0. The van der Waals surface area contributed by atoms with Gasteiger partial charge >= 0.3 is 0 Å². The van der Waals surface area contributed by atoms with E-state index in [1.165, 1.54) is 0 Å². The molecule has 0 aliphatic heterocycles. The highest BCUT2D eigenvalue weighted by atomic mass is 127. The molecule has 0 spiro atoms. The highest BCUT2D eigenvalue weighted by Crippen LogP contribution is 2.24. The van der Waals surface area contributed by atoms with Crippen LogP contribution in [0.4, 0.5) is 5.69 Å².